The fraction of sp³-hybridized carbons (Fsp3) is 0.273. The Morgan fingerprint density at radius 2 is 1.56 bits per heavy atom. The van der Waals surface area contributed by atoms with Crippen LogP contribution in [0.4, 0.5) is 11.8 Å². The highest BCUT2D eigenvalue weighted by Gasteiger charge is 2.02. The van der Waals surface area contributed by atoms with Crippen molar-refractivity contribution in [1.82, 2.24) is 9.97 Å². The van der Waals surface area contributed by atoms with E-state index in [0.717, 1.165) is 48.9 Å². The average Bonchev–Trinajstić information content (AvgIpc) is 2.67. The van der Waals surface area contributed by atoms with Gasteiger partial charge in [-0.1, -0.05) is 54.1 Å². The quantitative estimate of drug-likeness (QED) is 0.505. The van der Waals surface area contributed by atoms with Crippen molar-refractivity contribution in [2.45, 2.75) is 26.2 Å². The van der Waals surface area contributed by atoms with E-state index in [4.69, 9.17) is 11.6 Å². The third-order valence-electron chi connectivity index (χ3n) is 4.26. The lowest BCUT2D eigenvalue weighted by atomic mass is 10.1. The Morgan fingerprint density at radius 3 is 2.33 bits per heavy atom. The van der Waals surface area contributed by atoms with Crippen molar-refractivity contribution in [3.05, 3.63) is 82.5 Å². The fourth-order valence-corrected chi connectivity index (χ4v) is 2.99. The molecule has 5 heteroatoms. The van der Waals surface area contributed by atoms with E-state index >= 15 is 0 Å². The van der Waals surface area contributed by atoms with Gasteiger partial charge in [0.15, 0.2) is 0 Å². The zero-order valence-corrected chi connectivity index (χ0v) is 16.3. The van der Waals surface area contributed by atoms with E-state index in [-0.39, 0.29) is 0 Å². The molecule has 0 amide bonds. The summed E-state index contributed by atoms with van der Waals surface area (Å²) in [5.74, 6) is 1.53. The molecule has 1 aromatic heterocycles. The van der Waals surface area contributed by atoms with Crippen molar-refractivity contribution in [1.29, 1.82) is 0 Å². The Kier molecular flexibility index (Phi) is 7.05. The third-order valence-corrected chi connectivity index (χ3v) is 4.51. The van der Waals surface area contributed by atoms with E-state index in [1.54, 1.807) is 0 Å². The number of benzene rings is 2. The lowest BCUT2D eigenvalue weighted by Gasteiger charge is -2.10. The largest absolute Gasteiger partial charge is 0.370 e. The zero-order chi connectivity index (χ0) is 18.9. The maximum Gasteiger partial charge on any atom is 0.224 e. The first-order valence-electron chi connectivity index (χ1n) is 9.31. The van der Waals surface area contributed by atoms with Crippen molar-refractivity contribution in [3.63, 3.8) is 0 Å². The maximum absolute atomic E-state index is 5.92. The number of nitrogens with zero attached hydrogens (tertiary/aromatic N) is 2. The summed E-state index contributed by atoms with van der Waals surface area (Å²) in [6, 6.07) is 20.4. The number of aryl methyl sites for hydroxylation is 2. The van der Waals surface area contributed by atoms with Gasteiger partial charge in [0.1, 0.15) is 5.82 Å². The Labute approximate surface area is 166 Å². The minimum absolute atomic E-state index is 0.678. The number of aromatic nitrogens is 2. The van der Waals surface area contributed by atoms with E-state index in [1.807, 2.05) is 31.2 Å². The molecule has 3 rings (SSSR count). The molecule has 0 atom stereocenters. The number of anilines is 2. The van der Waals surface area contributed by atoms with Crippen LogP contribution in [0.15, 0.2) is 60.7 Å². The molecule has 27 heavy (non-hydrogen) atoms. The van der Waals surface area contributed by atoms with Crippen LogP contribution in [0.3, 0.4) is 0 Å². The molecule has 0 unspecified atom stereocenters. The predicted molar refractivity (Wildman–Crippen MR) is 114 cm³/mol. The Morgan fingerprint density at radius 1 is 0.815 bits per heavy atom. The van der Waals surface area contributed by atoms with Crippen LogP contribution in [0.1, 0.15) is 23.2 Å². The summed E-state index contributed by atoms with van der Waals surface area (Å²) in [7, 11) is 0. The van der Waals surface area contributed by atoms with Gasteiger partial charge < -0.3 is 10.6 Å². The van der Waals surface area contributed by atoms with Crippen LogP contribution in [-0.2, 0) is 12.8 Å². The Balaban J connectivity index is 1.46. The summed E-state index contributed by atoms with van der Waals surface area (Å²) < 4.78 is 0. The predicted octanol–water partition coefficient (Wildman–Crippen LogP) is 5.14. The molecular weight excluding hydrogens is 356 g/mol. The molecule has 0 radical (unpaired) electrons. The van der Waals surface area contributed by atoms with Crippen molar-refractivity contribution in [2.24, 2.45) is 0 Å². The molecule has 0 aliphatic carbocycles. The molecule has 4 nitrogen and oxygen atoms in total. The SMILES string of the molecule is Cc1cc(NCCc2ccc(Cl)cc2)nc(NCCCc2ccccc2)n1. The van der Waals surface area contributed by atoms with Crippen LogP contribution in [0.2, 0.25) is 5.02 Å². The number of halogens is 1. The van der Waals surface area contributed by atoms with Crippen LogP contribution < -0.4 is 10.6 Å². The standard InChI is InChI=1S/C22H25ClN4/c1-17-16-21(24-15-13-19-9-11-20(23)12-10-19)27-22(26-17)25-14-5-8-18-6-3-2-4-7-18/h2-4,6-7,9-12,16H,5,8,13-15H2,1H3,(H2,24,25,26,27). The van der Waals surface area contributed by atoms with Crippen LogP contribution in [0.5, 0.6) is 0 Å². The van der Waals surface area contributed by atoms with E-state index in [9.17, 15) is 0 Å². The van der Waals surface area contributed by atoms with Crippen LogP contribution in [0, 0.1) is 6.92 Å². The molecule has 2 N–H and O–H groups in total. The highest BCUT2D eigenvalue weighted by molar-refractivity contribution is 6.30. The van der Waals surface area contributed by atoms with Crippen molar-refractivity contribution in [3.8, 4) is 0 Å². The number of hydrogen-bond acceptors (Lipinski definition) is 4. The van der Waals surface area contributed by atoms with E-state index < -0.39 is 0 Å². The third kappa shape index (κ3) is 6.57. The van der Waals surface area contributed by atoms with Gasteiger partial charge in [0.05, 0.1) is 0 Å². The van der Waals surface area contributed by atoms with Gasteiger partial charge >= 0.3 is 0 Å². The van der Waals surface area contributed by atoms with Crippen LogP contribution >= 0.6 is 11.6 Å². The number of rotatable bonds is 9. The Hall–Kier alpha value is -2.59. The summed E-state index contributed by atoms with van der Waals surface area (Å²) in [6.45, 7) is 3.65. The molecule has 3 aromatic rings. The second kappa shape index (κ2) is 9.93. The van der Waals surface area contributed by atoms with Crippen LogP contribution in [0.25, 0.3) is 0 Å². The normalized spacial score (nSPS) is 10.6. The summed E-state index contributed by atoms with van der Waals surface area (Å²) >= 11 is 5.92. The smallest absolute Gasteiger partial charge is 0.224 e. The summed E-state index contributed by atoms with van der Waals surface area (Å²) in [6.07, 6.45) is 3.01. The van der Waals surface area contributed by atoms with Gasteiger partial charge in [-0.15, -0.1) is 0 Å². The fourth-order valence-electron chi connectivity index (χ4n) is 2.86. The van der Waals surface area contributed by atoms with Gasteiger partial charge in [-0.05, 0) is 49.4 Å². The second-order valence-electron chi connectivity index (χ2n) is 6.54. The van der Waals surface area contributed by atoms with E-state index in [2.05, 4.69) is 57.0 Å². The van der Waals surface area contributed by atoms with E-state index in [0.29, 0.717) is 5.95 Å². The summed E-state index contributed by atoms with van der Waals surface area (Å²) in [4.78, 5) is 9.05. The van der Waals surface area contributed by atoms with E-state index in [1.165, 1.54) is 11.1 Å². The minimum atomic E-state index is 0.678. The van der Waals surface area contributed by atoms with Crippen molar-refractivity contribution in [2.75, 3.05) is 23.7 Å². The molecule has 0 saturated heterocycles. The molecule has 0 aliphatic heterocycles. The number of hydrogen-bond donors (Lipinski definition) is 2. The molecule has 1 heterocycles. The molecule has 0 aliphatic rings. The molecule has 0 saturated carbocycles. The topological polar surface area (TPSA) is 49.8 Å². The van der Waals surface area contributed by atoms with Gasteiger partial charge in [0.2, 0.25) is 5.95 Å². The molecular formula is C22H25ClN4. The lowest BCUT2D eigenvalue weighted by Crippen LogP contribution is -2.11. The molecule has 140 valence electrons. The first-order valence-corrected chi connectivity index (χ1v) is 9.68. The van der Waals surface area contributed by atoms with Crippen molar-refractivity contribution >= 4 is 23.4 Å². The lowest BCUT2D eigenvalue weighted by molar-refractivity contribution is 0.851. The highest BCUT2D eigenvalue weighted by Crippen LogP contribution is 2.12. The average molecular weight is 381 g/mol. The maximum atomic E-state index is 5.92. The first kappa shape index (κ1) is 19.2. The summed E-state index contributed by atoms with van der Waals surface area (Å²) in [5.41, 5.74) is 3.55. The first-order chi connectivity index (χ1) is 13.2. The summed E-state index contributed by atoms with van der Waals surface area (Å²) in [5, 5.41) is 7.48. The van der Waals surface area contributed by atoms with Gasteiger partial charge in [0, 0.05) is 29.9 Å². The van der Waals surface area contributed by atoms with Gasteiger partial charge in [-0.2, -0.15) is 4.98 Å². The van der Waals surface area contributed by atoms with Gasteiger partial charge in [-0.25, -0.2) is 4.98 Å². The zero-order valence-electron chi connectivity index (χ0n) is 15.6. The van der Waals surface area contributed by atoms with Gasteiger partial charge in [-0.3, -0.25) is 0 Å². The molecule has 2 aromatic carbocycles. The second-order valence-corrected chi connectivity index (χ2v) is 6.97. The van der Waals surface area contributed by atoms with Crippen molar-refractivity contribution < 1.29 is 0 Å². The minimum Gasteiger partial charge on any atom is -0.370 e. The highest BCUT2D eigenvalue weighted by atomic mass is 35.5. The van der Waals surface area contributed by atoms with Crippen LogP contribution in [-0.4, -0.2) is 23.1 Å². The van der Waals surface area contributed by atoms with Gasteiger partial charge in [0.25, 0.3) is 0 Å². The Bertz CT molecular complexity index is 835. The number of nitrogens with one attached hydrogen (secondary N) is 2. The monoisotopic (exact) mass is 380 g/mol. The molecule has 0 bridgehead atoms. The molecule has 0 spiro atoms. The molecule has 0 fully saturated rings.